The van der Waals surface area contributed by atoms with Crippen molar-refractivity contribution in [2.24, 2.45) is 0 Å². The highest BCUT2D eigenvalue weighted by molar-refractivity contribution is 7.14. The maximum atomic E-state index is 12.2. The first-order chi connectivity index (χ1) is 14.4. The van der Waals surface area contributed by atoms with Crippen molar-refractivity contribution in [3.05, 3.63) is 64.5 Å². The number of benzene rings is 2. The van der Waals surface area contributed by atoms with Crippen LogP contribution in [0, 0.1) is 13.8 Å². The molecule has 2 aromatic carbocycles. The first-order valence-electron chi connectivity index (χ1n) is 9.69. The number of nitrogens with one attached hydrogen (secondary N) is 2. The van der Waals surface area contributed by atoms with Crippen LogP contribution in [0.15, 0.2) is 47.8 Å². The lowest BCUT2D eigenvalue weighted by Gasteiger charge is -2.07. The third kappa shape index (κ3) is 6.42. The van der Waals surface area contributed by atoms with Crippen LogP contribution < -0.4 is 15.4 Å². The number of hydrogen-bond acceptors (Lipinski definition) is 5. The molecule has 0 aliphatic carbocycles. The summed E-state index contributed by atoms with van der Waals surface area (Å²) in [5, 5.41) is 8.02. The third-order valence-corrected chi connectivity index (χ3v) is 5.11. The van der Waals surface area contributed by atoms with Crippen LogP contribution in [0.5, 0.6) is 5.75 Å². The predicted molar refractivity (Wildman–Crippen MR) is 120 cm³/mol. The standard InChI is InChI=1S/C23H25N3O3S/c1-15-10-16(2)12-20(11-15)29-13-22(28)26-23-25-21(14-30-23)19-6-4-18(5-7-19)8-9-24-17(3)27/h4-7,10-12,14H,8-9,13H2,1-3H3,(H,24,27)(H,25,26,28). The number of carbonyl (C=O) groups is 2. The molecule has 0 saturated heterocycles. The van der Waals surface area contributed by atoms with Gasteiger partial charge in [-0.15, -0.1) is 11.3 Å². The van der Waals surface area contributed by atoms with Crippen LogP contribution in [0.25, 0.3) is 11.3 Å². The number of nitrogens with zero attached hydrogens (tertiary/aromatic N) is 1. The minimum Gasteiger partial charge on any atom is -0.484 e. The van der Waals surface area contributed by atoms with Crippen molar-refractivity contribution in [2.75, 3.05) is 18.5 Å². The zero-order valence-corrected chi connectivity index (χ0v) is 18.1. The van der Waals surface area contributed by atoms with Crippen LogP contribution in [-0.4, -0.2) is 29.9 Å². The Balaban J connectivity index is 1.52. The zero-order chi connectivity index (χ0) is 21.5. The average Bonchev–Trinajstić information content (AvgIpc) is 3.14. The predicted octanol–water partition coefficient (Wildman–Crippen LogP) is 4.12. The molecule has 30 heavy (non-hydrogen) atoms. The van der Waals surface area contributed by atoms with Crippen molar-refractivity contribution in [3.63, 3.8) is 0 Å². The smallest absolute Gasteiger partial charge is 0.264 e. The van der Waals surface area contributed by atoms with Crippen LogP contribution >= 0.6 is 11.3 Å². The number of anilines is 1. The molecular formula is C23H25N3O3S. The van der Waals surface area contributed by atoms with Crippen LogP contribution in [0.4, 0.5) is 5.13 Å². The van der Waals surface area contributed by atoms with Crippen LogP contribution in [-0.2, 0) is 16.0 Å². The van der Waals surface area contributed by atoms with Crippen molar-refractivity contribution in [3.8, 4) is 17.0 Å². The van der Waals surface area contributed by atoms with Gasteiger partial charge in [-0.25, -0.2) is 4.98 Å². The van der Waals surface area contributed by atoms with Gasteiger partial charge in [0, 0.05) is 24.4 Å². The Morgan fingerprint density at radius 2 is 1.77 bits per heavy atom. The van der Waals surface area contributed by atoms with Gasteiger partial charge < -0.3 is 10.1 Å². The molecule has 0 fully saturated rings. The van der Waals surface area contributed by atoms with E-state index in [1.807, 2.05) is 55.6 Å². The van der Waals surface area contributed by atoms with Gasteiger partial charge in [0.15, 0.2) is 11.7 Å². The fraction of sp³-hybridized carbons (Fsp3) is 0.261. The van der Waals surface area contributed by atoms with Gasteiger partial charge in [0.25, 0.3) is 5.91 Å². The Morgan fingerprint density at radius 3 is 2.43 bits per heavy atom. The second kappa shape index (κ2) is 10.0. The van der Waals surface area contributed by atoms with E-state index in [0.717, 1.165) is 34.4 Å². The maximum absolute atomic E-state index is 12.2. The highest BCUT2D eigenvalue weighted by Gasteiger charge is 2.09. The fourth-order valence-electron chi connectivity index (χ4n) is 3.01. The second-order valence-electron chi connectivity index (χ2n) is 7.13. The highest BCUT2D eigenvalue weighted by atomic mass is 32.1. The van der Waals surface area contributed by atoms with E-state index in [1.54, 1.807) is 0 Å². The molecule has 3 rings (SSSR count). The van der Waals surface area contributed by atoms with Crippen LogP contribution in [0.3, 0.4) is 0 Å². The Labute approximate surface area is 180 Å². The molecule has 0 aliphatic heterocycles. The van der Waals surface area contributed by atoms with Gasteiger partial charge in [0.1, 0.15) is 5.75 Å². The fourth-order valence-corrected chi connectivity index (χ4v) is 3.75. The number of aromatic nitrogens is 1. The minimum absolute atomic E-state index is 0.0249. The molecular weight excluding hydrogens is 398 g/mol. The Hall–Kier alpha value is -3.19. The molecule has 3 aromatic rings. The van der Waals surface area contributed by atoms with Gasteiger partial charge in [-0.2, -0.15) is 0 Å². The molecule has 0 atom stereocenters. The van der Waals surface area contributed by atoms with Gasteiger partial charge in [0.05, 0.1) is 5.69 Å². The van der Waals surface area contributed by atoms with Crippen molar-refractivity contribution in [2.45, 2.75) is 27.2 Å². The first kappa shape index (κ1) is 21.5. The molecule has 0 bridgehead atoms. The van der Waals surface area contributed by atoms with E-state index in [4.69, 9.17) is 4.74 Å². The number of rotatable bonds is 8. The molecule has 2 N–H and O–H groups in total. The Morgan fingerprint density at radius 1 is 1.07 bits per heavy atom. The van der Waals surface area contributed by atoms with E-state index in [9.17, 15) is 9.59 Å². The Bertz CT molecular complexity index is 1010. The molecule has 6 nitrogen and oxygen atoms in total. The lowest BCUT2D eigenvalue weighted by atomic mass is 10.1. The van der Waals surface area contributed by atoms with Crippen LogP contribution in [0.1, 0.15) is 23.6 Å². The number of thiazole rings is 1. The van der Waals surface area contributed by atoms with Gasteiger partial charge in [-0.1, -0.05) is 30.3 Å². The largest absolute Gasteiger partial charge is 0.484 e. The molecule has 0 unspecified atom stereocenters. The molecule has 0 spiro atoms. The van der Waals surface area contributed by atoms with E-state index in [1.165, 1.54) is 18.3 Å². The summed E-state index contributed by atoms with van der Waals surface area (Å²) in [4.78, 5) is 27.6. The normalized spacial score (nSPS) is 10.5. The van der Waals surface area contributed by atoms with Gasteiger partial charge in [0.2, 0.25) is 5.91 Å². The molecule has 7 heteroatoms. The zero-order valence-electron chi connectivity index (χ0n) is 17.3. The summed E-state index contributed by atoms with van der Waals surface area (Å²) in [5.74, 6) is 0.410. The summed E-state index contributed by atoms with van der Waals surface area (Å²) in [6.07, 6.45) is 0.776. The second-order valence-corrected chi connectivity index (χ2v) is 7.99. The summed E-state index contributed by atoms with van der Waals surface area (Å²) < 4.78 is 5.59. The molecule has 0 saturated carbocycles. The molecule has 0 radical (unpaired) electrons. The average molecular weight is 424 g/mol. The lowest BCUT2D eigenvalue weighted by Crippen LogP contribution is -2.22. The van der Waals surface area contributed by atoms with Crippen molar-refractivity contribution in [1.82, 2.24) is 10.3 Å². The quantitative estimate of drug-likeness (QED) is 0.571. The number of ether oxygens (including phenoxy) is 1. The van der Waals surface area contributed by atoms with Gasteiger partial charge in [-0.3, -0.25) is 14.9 Å². The maximum Gasteiger partial charge on any atom is 0.264 e. The van der Waals surface area contributed by atoms with Crippen molar-refractivity contribution in [1.29, 1.82) is 0 Å². The van der Waals surface area contributed by atoms with E-state index < -0.39 is 0 Å². The number of amides is 2. The summed E-state index contributed by atoms with van der Waals surface area (Å²) in [5.41, 5.74) is 5.10. The first-order valence-corrected chi connectivity index (χ1v) is 10.6. The molecule has 0 aliphatic rings. The van der Waals surface area contributed by atoms with Crippen molar-refractivity contribution >= 4 is 28.3 Å². The number of aryl methyl sites for hydroxylation is 2. The topological polar surface area (TPSA) is 80.3 Å². The van der Waals surface area contributed by atoms with Crippen molar-refractivity contribution < 1.29 is 14.3 Å². The number of hydrogen-bond donors (Lipinski definition) is 2. The summed E-state index contributed by atoms with van der Waals surface area (Å²) >= 11 is 1.37. The lowest BCUT2D eigenvalue weighted by molar-refractivity contribution is -0.119. The van der Waals surface area contributed by atoms with E-state index in [0.29, 0.717) is 17.4 Å². The summed E-state index contributed by atoms with van der Waals surface area (Å²) in [6.45, 7) is 6.04. The van der Waals surface area contributed by atoms with E-state index in [2.05, 4.69) is 21.7 Å². The molecule has 1 aromatic heterocycles. The highest BCUT2D eigenvalue weighted by Crippen LogP contribution is 2.25. The van der Waals surface area contributed by atoms with Gasteiger partial charge in [-0.05, 0) is 49.1 Å². The Kier molecular flexibility index (Phi) is 7.19. The number of carbonyl (C=O) groups excluding carboxylic acids is 2. The monoisotopic (exact) mass is 423 g/mol. The van der Waals surface area contributed by atoms with E-state index in [-0.39, 0.29) is 18.4 Å². The van der Waals surface area contributed by atoms with Crippen LogP contribution in [0.2, 0.25) is 0 Å². The van der Waals surface area contributed by atoms with E-state index >= 15 is 0 Å². The third-order valence-electron chi connectivity index (χ3n) is 4.35. The minimum atomic E-state index is -0.247. The molecule has 2 amide bonds. The molecule has 156 valence electrons. The summed E-state index contributed by atoms with van der Waals surface area (Å²) in [6, 6.07) is 13.9. The SMILES string of the molecule is CC(=O)NCCc1ccc(-c2csc(NC(=O)COc3cc(C)cc(C)c3)n2)cc1. The summed E-state index contributed by atoms with van der Waals surface area (Å²) in [7, 11) is 0. The molecule has 1 heterocycles. The van der Waals surface area contributed by atoms with Gasteiger partial charge >= 0.3 is 0 Å².